The highest BCUT2D eigenvalue weighted by Crippen LogP contribution is 2.30. The number of hydrogen-bond acceptors (Lipinski definition) is 3. The number of aryl methyl sites for hydroxylation is 1. The van der Waals surface area contributed by atoms with Gasteiger partial charge in [-0.25, -0.2) is 8.42 Å². The maximum Gasteiger partial charge on any atom is 0.214 e. The average molecular weight is 308 g/mol. The Hall–Kier alpha value is -0.910. The number of nitrogens with one attached hydrogen (secondary N) is 1. The van der Waals surface area contributed by atoms with Crippen molar-refractivity contribution in [2.24, 2.45) is 0 Å². The molecule has 1 aromatic carbocycles. The summed E-state index contributed by atoms with van der Waals surface area (Å²) in [5.74, 6) is 0.222. The van der Waals surface area contributed by atoms with Gasteiger partial charge in [0.25, 0.3) is 0 Å². The van der Waals surface area contributed by atoms with Crippen molar-refractivity contribution in [3.63, 3.8) is 0 Å². The van der Waals surface area contributed by atoms with E-state index in [4.69, 9.17) is 0 Å². The Morgan fingerprint density at radius 2 is 1.90 bits per heavy atom. The van der Waals surface area contributed by atoms with Gasteiger partial charge in [-0.3, -0.25) is 0 Å². The first-order chi connectivity index (χ1) is 10.1. The molecule has 1 atom stereocenters. The predicted octanol–water partition coefficient (Wildman–Crippen LogP) is 1.78. The Kier molecular flexibility index (Phi) is 4.62. The van der Waals surface area contributed by atoms with E-state index in [1.807, 2.05) is 30.3 Å². The minimum atomic E-state index is -3.15. The highest BCUT2D eigenvalue weighted by molar-refractivity contribution is 7.89. The van der Waals surface area contributed by atoms with Gasteiger partial charge in [0.05, 0.1) is 5.75 Å². The summed E-state index contributed by atoms with van der Waals surface area (Å²) in [7, 11) is -3.15. The van der Waals surface area contributed by atoms with Crippen molar-refractivity contribution in [2.75, 3.05) is 18.8 Å². The third-order valence-electron chi connectivity index (χ3n) is 4.37. The van der Waals surface area contributed by atoms with Gasteiger partial charge in [-0.15, -0.1) is 0 Å². The molecule has 0 radical (unpaired) electrons. The fourth-order valence-electron chi connectivity index (χ4n) is 2.99. The molecule has 1 unspecified atom stereocenters. The molecule has 0 bridgehead atoms. The van der Waals surface area contributed by atoms with Gasteiger partial charge < -0.3 is 5.32 Å². The quantitative estimate of drug-likeness (QED) is 0.835. The number of hydrogen-bond donors (Lipinski definition) is 1. The Bertz CT molecular complexity index is 549. The van der Waals surface area contributed by atoms with Crippen LogP contribution in [0.4, 0.5) is 0 Å². The lowest BCUT2D eigenvalue weighted by molar-refractivity contribution is 0.363. The molecule has 1 N–H and O–H groups in total. The van der Waals surface area contributed by atoms with E-state index in [-0.39, 0.29) is 11.8 Å². The Morgan fingerprint density at radius 3 is 2.52 bits per heavy atom. The number of nitrogens with zero attached hydrogens (tertiary/aromatic N) is 1. The van der Waals surface area contributed by atoms with E-state index in [1.54, 1.807) is 4.31 Å². The molecule has 1 saturated carbocycles. The fraction of sp³-hybridized carbons (Fsp3) is 0.625. The normalized spacial score (nSPS) is 22.8. The number of rotatable bonds is 7. The van der Waals surface area contributed by atoms with Crippen molar-refractivity contribution in [2.45, 2.75) is 44.2 Å². The molecule has 1 heterocycles. The van der Waals surface area contributed by atoms with Gasteiger partial charge in [0.15, 0.2) is 0 Å². The van der Waals surface area contributed by atoms with Crippen molar-refractivity contribution < 1.29 is 8.42 Å². The molecule has 21 heavy (non-hydrogen) atoms. The summed E-state index contributed by atoms with van der Waals surface area (Å²) in [6.07, 6.45) is 4.91. The fourth-order valence-corrected chi connectivity index (χ4v) is 4.79. The van der Waals surface area contributed by atoms with Crippen LogP contribution in [0.3, 0.4) is 0 Å². The topological polar surface area (TPSA) is 49.4 Å². The highest BCUT2D eigenvalue weighted by Gasteiger charge is 2.38. The van der Waals surface area contributed by atoms with Crippen LogP contribution in [0.25, 0.3) is 0 Å². The molecule has 5 heteroatoms. The van der Waals surface area contributed by atoms with Crippen LogP contribution in [-0.4, -0.2) is 43.6 Å². The zero-order valence-corrected chi connectivity index (χ0v) is 13.2. The van der Waals surface area contributed by atoms with E-state index in [1.165, 1.54) is 0 Å². The lowest BCUT2D eigenvalue weighted by Crippen LogP contribution is -2.43. The minimum Gasteiger partial charge on any atom is -0.313 e. The van der Waals surface area contributed by atoms with E-state index in [2.05, 4.69) is 5.32 Å². The lowest BCUT2D eigenvalue weighted by Gasteiger charge is -2.25. The van der Waals surface area contributed by atoms with Gasteiger partial charge in [-0.05, 0) is 44.2 Å². The van der Waals surface area contributed by atoms with Gasteiger partial charge in [-0.2, -0.15) is 4.31 Å². The standard InChI is InChI=1S/C16H24N2O2S/c19-21(20,12-10-14-5-2-1-3-6-14)18(16-8-9-16)13-15-7-4-11-17-15/h1-3,5-6,15-17H,4,7-13H2. The van der Waals surface area contributed by atoms with Crippen molar-refractivity contribution in [1.82, 2.24) is 9.62 Å². The maximum absolute atomic E-state index is 12.7. The third kappa shape index (κ3) is 4.05. The third-order valence-corrected chi connectivity index (χ3v) is 6.25. The van der Waals surface area contributed by atoms with Crippen molar-refractivity contribution in [3.8, 4) is 0 Å². The summed E-state index contributed by atoms with van der Waals surface area (Å²) < 4.78 is 27.1. The first kappa shape index (κ1) is 15.0. The van der Waals surface area contributed by atoms with Crippen LogP contribution in [0.5, 0.6) is 0 Å². The van der Waals surface area contributed by atoms with Crippen LogP contribution < -0.4 is 5.32 Å². The second-order valence-electron chi connectivity index (χ2n) is 6.15. The second-order valence-corrected chi connectivity index (χ2v) is 8.19. The van der Waals surface area contributed by atoms with Crippen LogP contribution in [0.1, 0.15) is 31.2 Å². The summed E-state index contributed by atoms with van der Waals surface area (Å²) in [6, 6.07) is 10.5. The molecule has 3 rings (SSSR count). The van der Waals surface area contributed by atoms with E-state index in [0.29, 0.717) is 19.0 Å². The largest absolute Gasteiger partial charge is 0.313 e. The van der Waals surface area contributed by atoms with Crippen LogP contribution in [0.15, 0.2) is 30.3 Å². The smallest absolute Gasteiger partial charge is 0.214 e. The minimum absolute atomic E-state index is 0.222. The van der Waals surface area contributed by atoms with Gasteiger partial charge in [-0.1, -0.05) is 30.3 Å². The van der Waals surface area contributed by atoms with Crippen LogP contribution >= 0.6 is 0 Å². The molecule has 0 amide bonds. The summed E-state index contributed by atoms with van der Waals surface area (Å²) in [5.41, 5.74) is 1.09. The highest BCUT2D eigenvalue weighted by atomic mass is 32.2. The van der Waals surface area contributed by atoms with E-state index >= 15 is 0 Å². The first-order valence-electron chi connectivity index (χ1n) is 7.92. The van der Waals surface area contributed by atoms with E-state index < -0.39 is 10.0 Å². The molecular formula is C16H24N2O2S. The monoisotopic (exact) mass is 308 g/mol. The summed E-state index contributed by atoms with van der Waals surface area (Å²) in [5, 5.41) is 3.41. The molecule has 1 saturated heterocycles. The van der Waals surface area contributed by atoms with Gasteiger partial charge in [0, 0.05) is 18.6 Å². The Morgan fingerprint density at radius 1 is 1.14 bits per heavy atom. The molecule has 1 aromatic rings. The molecule has 4 nitrogen and oxygen atoms in total. The molecule has 116 valence electrons. The Labute approximate surface area is 127 Å². The van der Waals surface area contributed by atoms with E-state index in [0.717, 1.165) is 37.8 Å². The second kappa shape index (κ2) is 6.46. The molecule has 0 aromatic heterocycles. The molecule has 1 aliphatic carbocycles. The van der Waals surface area contributed by atoms with Crippen molar-refractivity contribution >= 4 is 10.0 Å². The molecule has 1 aliphatic heterocycles. The SMILES string of the molecule is O=S(=O)(CCc1ccccc1)N(CC1CCCN1)C1CC1. The predicted molar refractivity (Wildman–Crippen MR) is 84.7 cm³/mol. The molecule has 2 fully saturated rings. The van der Waals surface area contributed by atoms with Crippen LogP contribution in [-0.2, 0) is 16.4 Å². The zero-order chi connectivity index (χ0) is 14.7. The summed E-state index contributed by atoms with van der Waals surface area (Å²) >= 11 is 0. The number of sulfonamides is 1. The molecule has 2 aliphatic rings. The first-order valence-corrected chi connectivity index (χ1v) is 9.53. The van der Waals surface area contributed by atoms with Gasteiger partial charge in [0.2, 0.25) is 10.0 Å². The summed E-state index contributed by atoms with van der Waals surface area (Å²) in [4.78, 5) is 0. The van der Waals surface area contributed by atoms with Gasteiger partial charge >= 0.3 is 0 Å². The zero-order valence-electron chi connectivity index (χ0n) is 12.4. The van der Waals surface area contributed by atoms with Crippen LogP contribution in [0.2, 0.25) is 0 Å². The average Bonchev–Trinajstić information content (AvgIpc) is 3.19. The maximum atomic E-state index is 12.7. The van der Waals surface area contributed by atoms with Crippen molar-refractivity contribution in [1.29, 1.82) is 0 Å². The molecule has 0 spiro atoms. The summed E-state index contributed by atoms with van der Waals surface area (Å²) in [6.45, 7) is 1.68. The number of benzene rings is 1. The lowest BCUT2D eigenvalue weighted by atomic mass is 10.2. The van der Waals surface area contributed by atoms with E-state index in [9.17, 15) is 8.42 Å². The Balaban J connectivity index is 1.62. The van der Waals surface area contributed by atoms with Crippen LogP contribution in [0, 0.1) is 0 Å². The van der Waals surface area contributed by atoms with Gasteiger partial charge in [0.1, 0.15) is 0 Å². The van der Waals surface area contributed by atoms with Crippen molar-refractivity contribution in [3.05, 3.63) is 35.9 Å². The molecular weight excluding hydrogens is 284 g/mol.